The Bertz CT molecular complexity index is 779. The van der Waals surface area contributed by atoms with Crippen molar-refractivity contribution >= 4 is 5.91 Å². The van der Waals surface area contributed by atoms with Crippen LogP contribution in [0.4, 0.5) is 0 Å². The summed E-state index contributed by atoms with van der Waals surface area (Å²) < 4.78 is 4.98. The zero-order valence-electron chi connectivity index (χ0n) is 12.2. The number of nitrogens with zero attached hydrogens (tertiary/aromatic N) is 1. The lowest BCUT2D eigenvalue weighted by molar-refractivity contribution is 0.0950. The topological polar surface area (TPSA) is 55.1 Å². The molecule has 4 nitrogen and oxygen atoms in total. The molecule has 0 aliphatic rings. The number of nitrogens with one attached hydrogen (secondary N) is 1. The Morgan fingerprint density at radius 2 is 1.82 bits per heavy atom. The van der Waals surface area contributed by atoms with Crippen molar-refractivity contribution < 1.29 is 9.32 Å². The Balaban J connectivity index is 1.73. The second-order valence-electron chi connectivity index (χ2n) is 5.06. The SMILES string of the molecule is Cc1cc(CNC(=O)c2cccc(-c3ccccc3)c2)no1. The minimum atomic E-state index is -0.126. The van der Waals surface area contributed by atoms with Crippen molar-refractivity contribution in [2.24, 2.45) is 0 Å². The van der Waals surface area contributed by atoms with Gasteiger partial charge in [-0.1, -0.05) is 47.6 Å². The molecule has 4 heteroatoms. The third-order valence-electron chi connectivity index (χ3n) is 3.34. The average Bonchev–Trinajstić information content (AvgIpc) is 2.99. The van der Waals surface area contributed by atoms with E-state index in [1.54, 1.807) is 12.1 Å². The first-order chi connectivity index (χ1) is 10.7. The Morgan fingerprint density at radius 1 is 1.05 bits per heavy atom. The van der Waals surface area contributed by atoms with Crippen LogP contribution in [0.5, 0.6) is 0 Å². The second-order valence-corrected chi connectivity index (χ2v) is 5.06. The number of hydrogen-bond acceptors (Lipinski definition) is 3. The minimum Gasteiger partial charge on any atom is -0.361 e. The normalized spacial score (nSPS) is 10.4. The zero-order valence-corrected chi connectivity index (χ0v) is 12.2. The summed E-state index contributed by atoms with van der Waals surface area (Å²) in [6, 6.07) is 19.4. The van der Waals surface area contributed by atoms with Gasteiger partial charge in [-0.25, -0.2) is 0 Å². The number of aromatic nitrogens is 1. The van der Waals surface area contributed by atoms with Crippen LogP contribution >= 0.6 is 0 Å². The Kier molecular flexibility index (Phi) is 4.01. The fourth-order valence-electron chi connectivity index (χ4n) is 2.24. The van der Waals surface area contributed by atoms with Crippen LogP contribution in [0.1, 0.15) is 21.8 Å². The Hall–Kier alpha value is -2.88. The monoisotopic (exact) mass is 292 g/mol. The number of hydrogen-bond donors (Lipinski definition) is 1. The van der Waals surface area contributed by atoms with E-state index in [9.17, 15) is 4.79 Å². The minimum absolute atomic E-state index is 0.126. The lowest BCUT2D eigenvalue weighted by Gasteiger charge is -2.06. The molecule has 0 saturated heterocycles. The lowest BCUT2D eigenvalue weighted by Crippen LogP contribution is -2.22. The molecule has 0 unspecified atom stereocenters. The molecule has 2 aromatic carbocycles. The highest BCUT2D eigenvalue weighted by atomic mass is 16.5. The maximum Gasteiger partial charge on any atom is 0.251 e. The highest BCUT2D eigenvalue weighted by Gasteiger charge is 2.08. The van der Waals surface area contributed by atoms with E-state index in [2.05, 4.69) is 10.5 Å². The van der Waals surface area contributed by atoms with Crippen molar-refractivity contribution in [3.05, 3.63) is 77.7 Å². The Morgan fingerprint density at radius 3 is 2.55 bits per heavy atom. The maximum atomic E-state index is 12.2. The number of aryl methyl sites for hydroxylation is 1. The molecule has 0 atom stereocenters. The van der Waals surface area contributed by atoms with Crippen LogP contribution in [0.3, 0.4) is 0 Å². The first kappa shape index (κ1) is 14.1. The molecule has 3 aromatic rings. The van der Waals surface area contributed by atoms with Gasteiger partial charge in [0.2, 0.25) is 0 Å². The molecule has 1 aromatic heterocycles. The summed E-state index contributed by atoms with van der Waals surface area (Å²) in [5.74, 6) is 0.605. The van der Waals surface area contributed by atoms with Crippen LogP contribution in [-0.2, 0) is 6.54 Å². The number of amides is 1. The summed E-state index contributed by atoms with van der Waals surface area (Å²) in [6.07, 6.45) is 0. The lowest BCUT2D eigenvalue weighted by atomic mass is 10.0. The molecule has 1 amide bonds. The van der Waals surface area contributed by atoms with Crippen LogP contribution in [0.25, 0.3) is 11.1 Å². The molecule has 0 spiro atoms. The largest absolute Gasteiger partial charge is 0.361 e. The molecule has 0 bridgehead atoms. The van der Waals surface area contributed by atoms with Crippen LogP contribution < -0.4 is 5.32 Å². The van der Waals surface area contributed by atoms with Gasteiger partial charge in [-0.15, -0.1) is 0 Å². The summed E-state index contributed by atoms with van der Waals surface area (Å²) >= 11 is 0. The van der Waals surface area contributed by atoms with Crippen molar-refractivity contribution in [1.29, 1.82) is 0 Å². The van der Waals surface area contributed by atoms with E-state index in [1.807, 2.05) is 55.5 Å². The van der Waals surface area contributed by atoms with Crippen molar-refractivity contribution in [3.8, 4) is 11.1 Å². The smallest absolute Gasteiger partial charge is 0.251 e. The van der Waals surface area contributed by atoms with E-state index in [-0.39, 0.29) is 5.91 Å². The first-order valence-corrected chi connectivity index (χ1v) is 7.08. The number of rotatable bonds is 4. The highest BCUT2D eigenvalue weighted by molar-refractivity contribution is 5.95. The van der Waals surface area contributed by atoms with Crippen molar-refractivity contribution in [2.45, 2.75) is 13.5 Å². The van der Waals surface area contributed by atoms with Gasteiger partial charge in [-0.3, -0.25) is 4.79 Å². The molecule has 3 rings (SSSR count). The molecule has 1 heterocycles. The summed E-state index contributed by atoms with van der Waals surface area (Å²) in [5, 5.41) is 6.70. The standard InChI is InChI=1S/C18H16N2O2/c1-13-10-17(20-22-13)12-19-18(21)16-9-5-8-15(11-16)14-6-3-2-4-7-14/h2-11H,12H2,1H3,(H,19,21). The summed E-state index contributed by atoms with van der Waals surface area (Å²) in [6.45, 7) is 2.17. The summed E-state index contributed by atoms with van der Waals surface area (Å²) in [7, 11) is 0. The predicted molar refractivity (Wildman–Crippen MR) is 84.3 cm³/mol. The van der Waals surface area contributed by atoms with Gasteiger partial charge < -0.3 is 9.84 Å². The van der Waals surface area contributed by atoms with Crippen LogP contribution in [0.15, 0.2) is 65.2 Å². The van der Waals surface area contributed by atoms with E-state index in [0.717, 1.165) is 16.9 Å². The molecule has 1 N–H and O–H groups in total. The quantitative estimate of drug-likeness (QED) is 0.799. The number of benzene rings is 2. The van der Waals surface area contributed by atoms with Gasteiger partial charge in [0.05, 0.1) is 6.54 Å². The fourth-order valence-corrected chi connectivity index (χ4v) is 2.24. The molecule has 0 saturated carbocycles. The highest BCUT2D eigenvalue weighted by Crippen LogP contribution is 2.20. The van der Waals surface area contributed by atoms with Crippen molar-refractivity contribution in [3.63, 3.8) is 0 Å². The molecule has 22 heavy (non-hydrogen) atoms. The molecule has 0 aliphatic heterocycles. The fraction of sp³-hybridized carbons (Fsp3) is 0.111. The zero-order chi connectivity index (χ0) is 15.4. The molecule has 0 aliphatic carbocycles. The molecule has 110 valence electrons. The molecular weight excluding hydrogens is 276 g/mol. The third kappa shape index (κ3) is 3.23. The molecule has 0 radical (unpaired) electrons. The van der Waals surface area contributed by atoms with E-state index in [4.69, 9.17) is 4.52 Å². The molecular formula is C18H16N2O2. The predicted octanol–water partition coefficient (Wildman–Crippen LogP) is 3.58. The van der Waals surface area contributed by atoms with E-state index in [1.165, 1.54) is 0 Å². The number of carbonyl (C=O) groups is 1. The summed E-state index contributed by atoms with van der Waals surface area (Å²) in [5.41, 5.74) is 3.45. The summed E-state index contributed by atoms with van der Waals surface area (Å²) in [4.78, 5) is 12.2. The van der Waals surface area contributed by atoms with Gasteiger partial charge in [0, 0.05) is 11.6 Å². The van der Waals surface area contributed by atoms with Gasteiger partial charge in [-0.05, 0) is 30.2 Å². The van der Waals surface area contributed by atoms with Gasteiger partial charge >= 0.3 is 0 Å². The van der Waals surface area contributed by atoms with E-state index in [0.29, 0.717) is 17.8 Å². The van der Waals surface area contributed by atoms with Gasteiger partial charge in [-0.2, -0.15) is 0 Å². The van der Waals surface area contributed by atoms with Gasteiger partial charge in [0.15, 0.2) is 0 Å². The van der Waals surface area contributed by atoms with Gasteiger partial charge in [0.25, 0.3) is 5.91 Å². The van der Waals surface area contributed by atoms with Crippen molar-refractivity contribution in [2.75, 3.05) is 0 Å². The number of carbonyl (C=O) groups excluding carboxylic acids is 1. The van der Waals surface area contributed by atoms with Crippen LogP contribution in [0.2, 0.25) is 0 Å². The van der Waals surface area contributed by atoms with Crippen LogP contribution in [0, 0.1) is 6.92 Å². The van der Waals surface area contributed by atoms with E-state index >= 15 is 0 Å². The average molecular weight is 292 g/mol. The van der Waals surface area contributed by atoms with Crippen molar-refractivity contribution in [1.82, 2.24) is 10.5 Å². The maximum absolute atomic E-state index is 12.2. The van der Waals surface area contributed by atoms with Gasteiger partial charge in [0.1, 0.15) is 11.5 Å². The third-order valence-corrected chi connectivity index (χ3v) is 3.34. The Labute approximate surface area is 128 Å². The van der Waals surface area contributed by atoms with E-state index < -0.39 is 0 Å². The second kappa shape index (κ2) is 6.26. The molecule has 0 fully saturated rings. The van der Waals surface area contributed by atoms with Crippen LogP contribution in [-0.4, -0.2) is 11.1 Å². The first-order valence-electron chi connectivity index (χ1n) is 7.08.